The number of rotatable bonds is 7. The maximum atomic E-state index is 12.2. The van der Waals surface area contributed by atoms with Gasteiger partial charge in [-0.05, 0) is 49.3 Å². The number of para-hydroxylation sites is 1. The number of thioether (sulfide) groups is 1. The van der Waals surface area contributed by atoms with Gasteiger partial charge in [0.25, 0.3) is 0 Å². The van der Waals surface area contributed by atoms with Gasteiger partial charge in [-0.3, -0.25) is 9.59 Å². The Morgan fingerprint density at radius 1 is 1.22 bits per heavy atom. The van der Waals surface area contributed by atoms with Gasteiger partial charge in [0.2, 0.25) is 11.8 Å². The minimum Gasteiger partial charge on any atom is -0.343 e. The first-order chi connectivity index (χ1) is 13.0. The molecule has 1 aliphatic heterocycles. The lowest BCUT2D eigenvalue weighted by Crippen LogP contribution is -2.44. The maximum Gasteiger partial charge on any atom is 0.226 e. The van der Waals surface area contributed by atoms with Crippen LogP contribution in [0.4, 0.5) is 5.69 Å². The van der Waals surface area contributed by atoms with E-state index < -0.39 is 0 Å². The van der Waals surface area contributed by atoms with E-state index in [1.807, 2.05) is 58.8 Å². The third-order valence-corrected chi connectivity index (χ3v) is 5.48. The second-order valence-corrected chi connectivity index (χ2v) is 8.00. The Labute approximate surface area is 169 Å². The highest BCUT2D eigenvalue weighted by molar-refractivity contribution is 7.98. The molecule has 2 amide bonds. The van der Waals surface area contributed by atoms with Gasteiger partial charge in [0.15, 0.2) is 0 Å². The lowest BCUT2D eigenvalue weighted by molar-refractivity contribution is -0.130. The fraction of sp³-hybridized carbons (Fsp3) is 0.636. The van der Waals surface area contributed by atoms with Gasteiger partial charge in [0.1, 0.15) is 0 Å². The first-order valence-corrected chi connectivity index (χ1v) is 11.5. The van der Waals surface area contributed by atoms with E-state index in [1.54, 1.807) is 6.92 Å². The number of amides is 2. The molecular weight excluding hydrogens is 356 g/mol. The van der Waals surface area contributed by atoms with Crippen molar-refractivity contribution in [3.63, 3.8) is 0 Å². The summed E-state index contributed by atoms with van der Waals surface area (Å²) in [5.74, 6) is 1.96. The third kappa shape index (κ3) is 8.83. The van der Waals surface area contributed by atoms with Crippen molar-refractivity contribution in [2.75, 3.05) is 36.5 Å². The van der Waals surface area contributed by atoms with Gasteiger partial charge in [0.05, 0.1) is 0 Å². The monoisotopic (exact) mass is 392 g/mol. The van der Waals surface area contributed by atoms with Gasteiger partial charge in [-0.15, -0.1) is 0 Å². The lowest BCUT2D eigenvalue weighted by Gasteiger charge is -2.35. The number of unbranched alkanes of at least 4 members (excludes halogenated alkanes) is 1. The molecule has 1 aromatic rings. The van der Waals surface area contributed by atoms with Crippen molar-refractivity contribution in [1.82, 2.24) is 4.90 Å². The van der Waals surface area contributed by atoms with Crippen LogP contribution < -0.4 is 4.90 Å². The molecule has 5 heteroatoms. The normalized spacial score (nSPS) is 16.3. The molecule has 1 saturated heterocycles. The molecule has 0 spiro atoms. The summed E-state index contributed by atoms with van der Waals surface area (Å²) >= 11 is 1.93. The topological polar surface area (TPSA) is 40.6 Å². The molecule has 1 aliphatic rings. The molecule has 1 atom stereocenters. The number of benzene rings is 1. The second kappa shape index (κ2) is 13.6. The summed E-state index contributed by atoms with van der Waals surface area (Å²) < 4.78 is 0. The van der Waals surface area contributed by atoms with Gasteiger partial charge in [-0.25, -0.2) is 0 Å². The zero-order chi connectivity index (χ0) is 20.1. The number of carbonyl (C=O) groups is 2. The summed E-state index contributed by atoms with van der Waals surface area (Å²) in [7, 11) is 0. The van der Waals surface area contributed by atoms with Crippen molar-refractivity contribution in [2.24, 2.45) is 5.92 Å². The van der Waals surface area contributed by atoms with Crippen LogP contribution in [0.5, 0.6) is 0 Å². The van der Waals surface area contributed by atoms with E-state index in [0.717, 1.165) is 31.6 Å². The highest BCUT2D eigenvalue weighted by Crippen LogP contribution is 2.22. The molecule has 0 saturated carbocycles. The molecule has 0 N–H and O–H groups in total. The predicted molar refractivity (Wildman–Crippen MR) is 117 cm³/mol. The van der Waals surface area contributed by atoms with E-state index in [1.165, 1.54) is 18.6 Å². The Hall–Kier alpha value is -1.49. The Bertz CT molecular complexity index is 547. The molecule has 27 heavy (non-hydrogen) atoms. The molecule has 152 valence electrons. The number of hydrogen-bond donors (Lipinski definition) is 0. The standard InChI is InChI=1S/C17H24N2O2.C5H12S/c1-3-17(21)19(16-9-5-4-6-10-16)13-15-8-7-11-18(12-15)14(2)20;1-3-4-5-6-2/h4-6,9-10,15H,3,7-8,11-13H2,1-2H3;3-5H2,1-2H3. The average Bonchev–Trinajstić information content (AvgIpc) is 2.71. The van der Waals surface area contributed by atoms with Gasteiger partial charge in [0, 0.05) is 38.7 Å². The van der Waals surface area contributed by atoms with Crippen molar-refractivity contribution < 1.29 is 9.59 Å². The summed E-state index contributed by atoms with van der Waals surface area (Å²) in [4.78, 5) is 27.5. The summed E-state index contributed by atoms with van der Waals surface area (Å²) in [6.45, 7) is 8.03. The Balaban J connectivity index is 0.000000527. The highest BCUT2D eigenvalue weighted by atomic mass is 32.2. The Morgan fingerprint density at radius 3 is 2.44 bits per heavy atom. The first kappa shape index (κ1) is 23.5. The van der Waals surface area contributed by atoms with E-state index in [4.69, 9.17) is 0 Å². The number of likely N-dealkylation sites (tertiary alicyclic amines) is 1. The van der Waals surface area contributed by atoms with Gasteiger partial charge in [-0.2, -0.15) is 11.8 Å². The number of piperidine rings is 1. The van der Waals surface area contributed by atoms with E-state index in [2.05, 4.69) is 13.2 Å². The molecule has 0 radical (unpaired) electrons. The van der Waals surface area contributed by atoms with Crippen molar-refractivity contribution in [1.29, 1.82) is 0 Å². The van der Waals surface area contributed by atoms with E-state index in [-0.39, 0.29) is 11.8 Å². The summed E-state index contributed by atoms with van der Waals surface area (Å²) in [5.41, 5.74) is 0.948. The predicted octanol–water partition coefficient (Wildman–Crippen LogP) is 4.84. The summed E-state index contributed by atoms with van der Waals surface area (Å²) in [6, 6.07) is 9.80. The molecular formula is C22H36N2O2S. The van der Waals surface area contributed by atoms with Crippen LogP contribution in [-0.2, 0) is 9.59 Å². The zero-order valence-corrected chi connectivity index (χ0v) is 18.3. The Kier molecular flexibility index (Phi) is 11.9. The number of hydrogen-bond acceptors (Lipinski definition) is 3. The van der Waals surface area contributed by atoms with Crippen molar-refractivity contribution in [3.8, 4) is 0 Å². The molecule has 1 heterocycles. The minimum atomic E-state index is 0.132. The minimum absolute atomic E-state index is 0.132. The largest absolute Gasteiger partial charge is 0.343 e. The van der Waals surface area contributed by atoms with E-state index in [0.29, 0.717) is 18.9 Å². The van der Waals surface area contributed by atoms with Gasteiger partial charge >= 0.3 is 0 Å². The maximum absolute atomic E-state index is 12.2. The van der Waals surface area contributed by atoms with Crippen LogP contribution in [0.15, 0.2) is 30.3 Å². The number of anilines is 1. The third-order valence-electron chi connectivity index (χ3n) is 4.78. The number of carbonyl (C=O) groups excluding carboxylic acids is 2. The average molecular weight is 393 g/mol. The smallest absolute Gasteiger partial charge is 0.226 e. The van der Waals surface area contributed by atoms with Crippen molar-refractivity contribution in [2.45, 2.75) is 52.9 Å². The van der Waals surface area contributed by atoms with Crippen molar-refractivity contribution >= 4 is 29.3 Å². The zero-order valence-electron chi connectivity index (χ0n) is 17.4. The molecule has 4 nitrogen and oxygen atoms in total. The van der Waals surface area contributed by atoms with Crippen LogP contribution in [0.25, 0.3) is 0 Å². The molecule has 1 aromatic carbocycles. The number of nitrogens with zero attached hydrogens (tertiary/aromatic N) is 2. The molecule has 0 bridgehead atoms. The van der Waals surface area contributed by atoms with Crippen LogP contribution in [0, 0.1) is 5.92 Å². The van der Waals surface area contributed by atoms with Gasteiger partial charge < -0.3 is 9.80 Å². The Morgan fingerprint density at radius 2 is 1.93 bits per heavy atom. The fourth-order valence-corrected chi connectivity index (χ4v) is 3.77. The molecule has 1 unspecified atom stereocenters. The van der Waals surface area contributed by atoms with E-state index >= 15 is 0 Å². The van der Waals surface area contributed by atoms with Crippen LogP contribution in [0.3, 0.4) is 0 Å². The lowest BCUT2D eigenvalue weighted by atomic mass is 9.97. The molecule has 1 fully saturated rings. The van der Waals surface area contributed by atoms with Crippen LogP contribution in [0.1, 0.15) is 52.9 Å². The SMILES string of the molecule is CCC(=O)N(CC1CCCN(C(C)=O)C1)c1ccccc1.CCCCSC. The highest BCUT2D eigenvalue weighted by Gasteiger charge is 2.25. The van der Waals surface area contributed by atoms with Crippen LogP contribution in [0.2, 0.25) is 0 Å². The van der Waals surface area contributed by atoms with Crippen LogP contribution in [-0.4, -0.2) is 48.4 Å². The van der Waals surface area contributed by atoms with E-state index in [9.17, 15) is 9.59 Å². The van der Waals surface area contributed by atoms with Crippen molar-refractivity contribution in [3.05, 3.63) is 30.3 Å². The molecule has 0 aromatic heterocycles. The second-order valence-electron chi connectivity index (χ2n) is 7.01. The summed E-state index contributed by atoms with van der Waals surface area (Å²) in [5, 5.41) is 0. The summed E-state index contributed by atoms with van der Waals surface area (Å²) in [6.07, 6.45) is 7.45. The van der Waals surface area contributed by atoms with Crippen LogP contribution >= 0.6 is 11.8 Å². The van der Waals surface area contributed by atoms with Gasteiger partial charge in [-0.1, -0.05) is 38.5 Å². The quantitative estimate of drug-likeness (QED) is 0.624. The fourth-order valence-electron chi connectivity index (χ4n) is 3.20. The molecule has 2 rings (SSSR count). The first-order valence-electron chi connectivity index (χ1n) is 10.1. The molecule has 0 aliphatic carbocycles.